The molecule has 1 unspecified atom stereocenters. The van der Waals surface area contributed by atoms with E-state index in [1.165, 1.54) is 0 Å². The van der Waals surface area contributed by atoms with Crippen molar-refractivity contribution in [1.82, 2.24) is 0 Å². The fourth-order valence-electron chi connectivity index (χ4n) is 5.90. The quantitative estimate of drug-likeness (QED) is 0.338. The van der Waals surface area contributed by atoms with Gasteiger partial charge in [0.2, 0.25) is 0 Å². The summed E-state index contributed by atoms with van der Waals surface area (Å²) in [5.41, 5.74) is 2.69. The molecule has 0 aromatic heterocycles. The monoisotopic (exact) mass is 440 g/mol. The van der Waals surface area contributed by atoms with Crippen LogP contribution >= 0.6 is 0 Å². The molecule has 32 heavy (non-hydrogen) atoms. The Labute approximate surface area is 188 Å². The lowest BCUT2D eigenvalue weighted by atomic mass is 9.75. The van der Waals surface area contributed by atoms with Crippen LogP contribution in [0.2, 0.25) is 0 Å². The molecule has 0 amide bonds. The van der Waals surface area contributed by atoms with Crippen molar-refractivity contribution in [2.24, 2.45) is 5.92 Å². The molecular weight excluding hydrogens is 409 g/mol. The van der Waals surface area contributed by atoms with Crippen molar-refractivity contribution in [3.63, 3.8) is 0 Å². The second-order valence-corrected chi connectivity index (χ2v) is 9.87. The summed E-state index contributed by atoms with van der Waals surface area (Å²) >= 11 is 0. The fraction of sp³-hybridized carbons (Fsp3) is 0.500. The normalized spacial score (nSPS) is 30.2. The summed E-state index contributed by atoms with van der Waals surface area (Å²) in [5.74, 6) is -0.608. The Bertz CT molecular complexity index is 980. The summed E-state index contributed by atoms with van der Waals surface area (Å²) in [7, 11) is 0. The number of benzene rings is 2. The van der Waals surface area contributed by atoms with Crippen LogP contribution in [0.1, 0.15) is 97.5 Å². The predicted octanol–water partition coefficient (Wildman–Crippen LogP) is 8.08. The van der Waals surface area contributed by atoms with Crippen molar-refractivity contribution >= 4 is 0 Å². The van der Waals surface area contributed by atoms with Gasteiger partial charge in [-0.15, -0.1) is 6.58 Å². The molecule has 1 saturated heterocycles. The third-order valence-electron chi connectivity index (χ3n) is 8.03. The van der Waals surface area contributed by atoms with Crippen LogP contribution in [-0.4, -0.2) is 6.61 Å². The highest BCUT2D eigenvalue weighted by molar-refractivity contribution is 5.33. The molecule has 1 heterocycles. The molecule has 0 bridgehead atoms. The first-order valence-electron chi connectivity index (χ1n) is 12.1. The van der Waals surface area contributed by atoms with Crippen LogP contribution < -0.4 is 0 Å². The molecule has 0 spiro atoms. The summed E-state index contributed by atoms with van der Waals surface area (Å²) < 4.78 is 49.7. The van der Waals surface area contributed by atoms with E-state index in [1.807, 2.05) is 30.3 Å². The first-order chi connectivity index (χ1) is 15.5. The van der Waals surface area contributed by atoms with Gasteiger partial charge < -0.3 is 4.74 Å². The van der Waals surface area contributed by atoms with Crippen LogP contribution in [0.3, 0.4) is 0 Å². The van der Waals surface area contributed by atoms with E-state index in [1.54, 1.807) is 6.07 Å². The Morgan fingerprint density at radius 3 is 1.72 bits per heavy atom. The van der Waals surface area contributed by atoms with Crippen LogP contribution in [0.5, 0.6) is 0 Å². The highest BCUT2D eigenvalue weighted by atomic mass is 19.2. The van der Waals surface area contributed by atoms with E-state index in [0.717, 1.165) is 56.9 Å². The van der Waals surface area contributed by atoms with Crippen molar-refractivity contribution in [3.05, 3.63) is 82.7 Å². The van der Waals surface area contributed by atoms with Gasteiger partial charge in [0.15, 0.2) is 11.6 Å². The van der Waals surface area contributed by atoms with E-state index >= 15 is 8.78 Å². The average Bonchev–Trinajstić information content (AvgIpc) is 3.66. The third-order valence-corrected chi connectivity index (χ3v) is 8.03. The van der Waals surface area contributed by atoms with Gasteiger partial charge >= 0.3 is 0 Å². The Morgan fingerprint density at radius 1 is 0.719 bits per heavy atom. The molecule has 3 fully saturated rings. The van der Waals surface area contributed by atoms with Gasteiger partial charge in [-0.05, 0) is 97.8 Å². The maximum absolute atomic E-state index is 15.1. The average molecular weight is 441 g/mol. The molecule has 0 radical (unpaired) electrons. The topological polar surface area (TPSA) is 12.5 Å². The van der Waals surface area contributed by atoms with E-state index in [0.29, 0.717) is 29.2 Å². The predicted molar refractivity (Wildman–Crippen MR) is 120 cm³/mol. The van der Waals surface area contributed by atoms with Gasteiger partial charge in [-0.1, -0.05) is 30.3 Å². The summed E-state index contributed by atoms with van der Waals surface area (Å²) in [4.78, 5) is 0. The van der Waals surface area contributed by atoms with Crippen LogP contribution in [0.25, 0.3) is 0 Å². The minimum Gasteiger partial charge on any atom is -0.368 e. The zero-order valence-corrected chi connectivity index (χ0v) is 18.5. The van der Waals surface area contributed by atoms with E-state index in [9.17, 15) is 4.39 Å². The number of halogens is 3. The largest absolute Gasteiger partial charge is 0.368 e. The molecular formula is C28H31F3O. The lowest BCUT2D eigenvalue weighted by molar-refractivity contribution is 0.358. The van der Waals surface area contributed by atoms with Gasteiger partial charge in [0.25, 0.3) is 0 Å². The second kappa shape index (κ2) is 9.05. The Morgan fingerprint density at radius 2 is 1.22 bits per heavy atom. The molecule has 170 valence electrons. The maximum atomic E-state index is 15.1. The lowest BCUT2D eigenvalue weighted by Crippen LogP contribution is -2.16. The molecule has 0 N–H and O–H groups in total. The van der Waals surface area contributed by atoms with Crippen molar-refractivity contribution in [3.8, 4) is 0 Å². The first kappa shape index (κ1) is 21.8. The molecule has 2 aromatic rings. The SMILES string of the molecule is C=CC1CCC(c2ccc(C3CCC(c4ccc(C5CO5)c(F)c4)CC3)c(F)c2F)CC1. The minimum absolute atomic E-state index is 0.0234. The number of rotatable bonds is 5. The summed E-state index contributed by atoms with van der Waals surface area (Å²) in [6, 6.07) is 9.12. The zero-order chi connectivity index (χ0) is 22.2. The standard InChI is InChI=1S/C28H31F3O/c1-2-17-3-5-19(6-4-17)22-13-14-23(28(31)27(22)30)20-9-7-18(8-10-20)21-11-12-24(25(29)15-21)26-16-32-26/h2,11-15,17-20,26H,1,3-10,16H2. The third kappa shape index (κ3) is 4.26. The van der Waals surface area contributed by atoms with E-state index in [2.05, 4.69) is 6.58 Å². The molecule has 1 nitrogen and oxygen atoms in total. The zero-order valence-electron chi connectivity index (χ0n) is 18.5. The van der Waals surface area contributed by atoms with Gasteiger partial charge in [-0.2, -0.15) is 0 Å². The Balaban J connectivity index is 1.25. The highest BCUT2D eigenvalue weighted by Crippen LogP contribution is 2.44. The van der Waals surface area contributed by atoms with Crippen LogP contribution in [-0.2, 0) is 4.74 Å². The van der Waals surface area contributed by atoms with E-state index in [4.69, 9.17) is 4.74 Å². The number of hydrogen-bond acceptors (Lipinski definition) is 1. The van der Waals surface area contributed by atoms with Crippen molar-refractivity contribution < 1.29 is 17.9 Å². The molecule has 3 aliphatic rings. The molecule has 1 aliphatic heterocycles. The van der Waals surface area contributed by atoms with E-state index < -0.39 is 11.6 Å². The Kier molecular flexibility index (Phi) is 6.16. The highest BCUT2D eigenvalue weighted by Gasteiger charge is 2.31. The molecule has 2 aromatic carbocycles. The van der Waals surface area contributed by atoms with Crippen molar-refractivity contribution in [1.29, 1.82) is 0 Å². The van der Waals surface area contributed by atoms with E-state index in [-0.39, 0.29) is 29.7 Å². The van der Waals surface area contributed by atoms with Crippen molar-refractivity contribution in [2.45, 2.75) is 75.2 Å². The maximum Gasteiger partial charge on any atom is 0.162 e. The first-order valence-corrected chi connectivity index (χ1v) is 12.1. The van der Waals surface area contributed by atoms with Crippen LogP contribution in [0.4, 0.5) is 13.2 Å². The number of epoxide rings is 1. The van der Waals surface area contributed by atoms with Crippen molar-refractivity contribution in [2.75, 3.05) is 6.61 Å². The smallest absolute Gasteiger partial charge is 0.162 e. The number of ether oxygens (including phenoxy) is 1. The minimum atomic E-state index is -0.656. The summed E-state index contributed by atoms with van der Waals surface area (Å²) in [6.07, 6.45) is 8.97. The molecule has 2 saturated carbocycles. The second-order valence-electron chi connectivity index (χ2n) is 9.87. The van der Waals surface area contributed by atoms with Crippen LogP contribution in [0, 0.1) is 23.4 Å². The van der Waals surface area contributed by atoms with Gasteiger partial charge in [0.1, 0.15) is 11.9 Å². The summed E-state index contributed by atoms with van der Waals surface area (Å²) in [5, 5.41) is 0. The van der Waals surface area contributed by atoms with Gasteiger partial charge in [0.05, 0.1) is 6.61 Å². The van der Waals surface area contributed by atoms with Gasteiger partial charge in [0, 0.05) is 5.56 Å². The molecule has 4 heteroatoms. The fourth-order valence-corrected chi connectivity index (χ4v) is 5.90. The lowest BCUT2D eigenvalue weighted by Gasteiger charge is -2.31. The molecule has 2 aliphatic carbocycles. The van der Waals surface area contributed by atoms with Crippen LogP contribution in [0.15, 0.2) is 43.0 Å². The van der Waals surface area contributed by atoms with Gasteiger partial charge in [-0.3, -0.25) is 0 Å². The number of hydrogen-bond donors (Lipinski definition) is 0. The molecule has 1 atom stereocenters. The Hall–Kier alpha value is -2.07. The summed E-state index contributed by atoms with van der Waals surface area (Å²) in [6.45, 7) is 4.46. The molecule has 5 rings (SSSR count). The number of allylic oxidation sites excluding steroid dienone is 1. The van der Waals surface area contributed by atoms with Gasteiger partial charge in [-0.25, -0.2) is 13.2 Å².